The number of nitrogens with two attached hydrogens (primary N) is 3. The maximum atomic E-state index is 11.1. The second-order valence-corrected chi connectivity index (χ2v) is 16.6. The summed E-state index contributed by atoms with van der Waals surface area (Å²) in [5, 5.41) is 18.9. The summed E-state index contributed by atoms with van der Waals surface area (Å²) in [5.74, 6) is -3.34. The van der Waals surface area contributed by atoms with Crippen molar-refractivity contribution in [3.63, 3.8) is 0 Å². The number of aromatic hydroxyl groups is 2. The van der Waals surface area contributed by atoms with E-state index in [1.54, 1.807) is 0 Å². The molecule has 58 heavy (non-hydrogen) atoms. The molecule has 0 radical (unpaired) electrons. The minimum atomic E-state index is -4.98. The lowest BCUT2D eigenvalue weighted by molar-refractivity contribution is -0.119. The van der Waals surface area contributed by atoms with Crippen LogP contribution in [0.2, 0.25) is 0 Å². The number of phenolic OH excluding ortho intramolecular Hbond substituents is 2. The van der Waals surface area contributed by atoms with Gasteiger partial charge in [-0.25, -0.2) is 18.3 Å². The quantitative estimate of drug-likeness (QED) is 0.0830. The Morgan fingerprint density at radius 2 is 0.759 bits per heavy atom. The molecule has 3 rings (SSSR count). The third-order valence-electron chi connectivity index (χ3n) is 6.86. The van der Waals surface area contributed by atoms with Crippen molar-refractivity contribution in [1.82, 2.24) is 0 Å². The minimum absolute atomic E-state index is 0.0447. The van der Waals surface area contributed by atoms with Crippen molar-refractivity contribution in [2.75, 3.05) is 0 Å². The van der Waals surface area contributed by atoms with Gasteiger partial charge in [0.2, 0.25) is 0 Å². The molecule has 324 valence electrons. The van der Waals surface area contributed by atoms with Gasteiger partial charge in [-0.2, -0.15) is 0 Å². The summed E-state index contributed by atoms with van der Waals surface area (Å²) in [5.41, 5.74) is 18.1. The standard InChI is InChI=1S/C10H15NO9P2.2C10H14NO6P/c1-6(12)8(11)4-7-2-3-9(19-21(13,14)15)10(5-7)20-22(16,17)18;1-6(12)8(11)4-7-2-3-10(9(13)5-7)17-18(14,15)16;1-6(12)8(11)4-7-2-3-9(13)10(5-7)17-18(14,15)16/h2-3,5,8H,4,11H2,1H3,(H2,13,14,15)(H2,16,17,18);2*2-3,5,8,13H,4,11H2,1H3,(H2,14,15,16)/t3*8-/m000/s1. The molecule has 0 saturated heterocycles. The average Bonchev–Trinajstić information content (AvgIpc) is 3.03. The molecule has 3 aromatic rings. The Morgan fingerprint density at radius 1 is 0.466 bits per heavy atom. The number of hydrogen-bond acceptors (Lipinski definition) is 16. The van der Waals surface area contributed by atoms with E-state index in [4.69, 9.17) is 56.3 Å². The van der Waals surface area contributed by atoms with E-state index in [-0.39, 0.29) is 48.1 Å². The van der Waals surface area contributed by atoms with Crippen LogP contribution < -0.4 is 35.3 Å². The first-order valence-corrected chi connectivity index (χ1v) is 21.9. The minimum Gasteiger partial charge on any atom is -0.504 e. The van der Waals surface area contributed by atoms with Crippen molar-refractivity contribution in [2.24, 2.45) is 17.2 Å². The lowest BCUT2D eigenvalue weighted by Crippen LogP contribution is -2.30. The Hall–Kier alpha value is -4.05. The van der Waals surface area contributed by atoms with Crippen LogP contribution in [-0.4, -0.2) is 84.8 Å². The van der Waals surface area contributed by atoms with Gasteiger partial charge in [-0.15, -0.1) is 0 Å². The first kappa shape index (κ1) is 52.0. The summed E-state index contributed by atoms with van der Waals surface area (Å²) in [6, 6.07) is 9.08. The van der Waals surface area contributed by atoms with Gasteiger partial charge in [0.25, 0.3) is 0 Å². The van der Waals surface area contributed by atoms with Crippen LogP contribution in [0.15, 0.2) is 54.6 Å². The van der Waals surface area contributed by atoms with Crippen LogP contribution in [0, 0.1) is 0 Å². The van der Waals surface area contributed by atoms with Crippen molar-refractivity contribution in [1.29, 1.82) is 0 Å². The number of carbonyl (C=O) groups is 3. The third kappa shape index (κ3) is 21.6. The molecule has 0 aromatic heterocycles. The van der Waals surface area contributed by atoms with Crippen LogP contribution in [0.5, 0.6) is 34.5 Å². The van der Waals surface area contributed by atoms with Gasteiger partial charge in [0.05, 0.1) is 18.1 Å². The molecule has 0 saturated carbocycles. The molecule has 0 fully saturated rings. The fraction of sp³-hybridized carbons (Fsp3) is 0.300. The van der Waals surface area contributed by atoms with Crippen LogP contribution in [0.3, 0.4) is 0 Å². The first-order chi connectivity index (χ1) is 26.2. The molecular formula is C30H43N3O21P4. The van der Waals surface area contributed by atoms with Gasteiger partial charge in [0, 0.05) is 0 Å². The van der Waals surface area contributed by atoms with Gasteiger partial charge in [-0.3, -0.25) is 53.5 Å². The summed E-state index contributed by atoms with van der Waals surface area (Å²) in [6.45, 7) is 3.98. The third-order valence-corrected chi connectivity index (χ3v) is 8.60. The highest BCUT2D eigenvalue weighted by Gasteiger charge is 2.25. The molecule has 0 bridgehead atoms. The van der Waals surface area contributed by atoms with Gasteiger partial charge in [-0.05, 0) is 93.1 Å². The monoisotopic (exact) mass is 905 g/mol. The number of hydrogen-bond donors (Lipinski definition) is 13. The highest BCUT2D eigenvalue weighted by Crippen LogP contribution is 2.47. The fourth-order valence-electron chi connectivity index (χ4n) is 4.06. The number of benzene rings is 3. The number of phosphoric ester groups is 4. The average molecular weight is 906 g/mol. The predicted octanol–water partition coefficient (Wildman–Crippen LogP) is 0.733. The molecule has 3 atom stereocenters. The molecule has 28 heteroatoms. The molecule has 16 N–H and O–H groups in total. The van der Waals surface area contributed by atoms with Gasteiger partial charge < -0.3 is 45.5 Å². The zero-order valence-electron chi connectivity index (χ0n) is 30.5. The first-order valence-electron chi connectivity index (χ1n) is 15.8. The molecule has 24 nitrogen and oxygen atoms in total. The maximum absolute atomic E-state index is 11.1. The fourth-order valence-corrected chi connectivity index (χ4v) is 5.68. The molecule has 0 heterocycles. The second-order valence-electron chi connectivity index (χ2n) is 12.0. The van der Waals surface area contributed by atoms with Crippen molar-refractivity contribution in [2.45, 2.75) is 58.2 Å². The van der Waals surface area contributed by atoms with Crippen LogP contribution >= 0.6 is 31.3 Å². The molecule has 0 aliphatic rings. The smallest absolute Gasteiger partial charge is 0.504 e. The van der Waals surface area contributed by atoms with Crippen LogP contribution in [0.4, 0.5) is 0 Å². The number of carbonyl (C=O) groups excluding carboxylic acids is 3. The van der Waals surface area contributed by atoms with E-state index >= 15 is 0 Å². The Labute approximate surface area is 329 Å². The normalized spacial score (nSPS) is 13.3. The molecule has 0 aliphatic carbocycles. The van der Waals surface area contributed by atoms with Crippen LogP contribution in [-0.2, 0) is 51.9 Å². The topological polar surface area (TPSA) is 437 Å². The number of phosphoric acid groups is 4. The van der Waals surface area contributed by atoms with Crippen LogP contribution in [0.1, 0.15) is 37.5 Å². The number of phenols is 2. The van der Waals surface area contributed by atoms with Gasteiger partial charge in [0.1, 0.15) is 17.3 Å². The Morgan fingerprint density at radius 3 is 1.12 bits per heavy atom. The summed E-state index contributed by atoms with van der Waals surface area (Å²) in [6.07, 6.45) is 0.454. The molecule has 0 unspecified atom stereocenters. The van der Waals surface area contributed by atoms with Crippen LogP contribution in [0.25, 0.3) is 0 Å². The van der Waals surface area contributed by atoms with E-state index < -0.39 is 72.4 Å². The van der Waals surface area contributed by atoms with E-state index in [1.807, 2.05) is 0 Å². The lowest BCUT2D eigenvalue weighted by Gasteiger charge is -2.15. The molecular weight excluding hydrogens is 862 g/mol. The van der Waals surface area contributed by atoms with E-state index in [1.165, 1.54) is 63.2 Å². The van der Waals surface area contributed by atoms with E-state index in [0.717, 1.165) is 12.1 Å². The van der Waals surface area contributed by atoms with E-state index in [9.17, 15) is 42.9 Å². The number of rotatable bonds is 17. The lowest BCUT2D eigenvalue weighted by atomic mass is 10.0. The SMILES string of the molecule is CC(=O)[C@@H](N)Cc1ccc(O)c(OP(=O)(O)O)c1.CC(=O)[C@@H](N)Cc1ccc(OP(=O)(O)O)c(O)c1.CC(=O)[C@@H](N)Cc1ccc(OP(=O)(O)O)c(OP(=O)(O)O)c1. The summed E-state index contributed by atoms with van der Waals surface area (Å²) >= 11 is 0. The zero-order valence-corrected chi connectivity index (χ0v) is 34.1. The Bertz CT molecular complexity index is 2110. The Kier molecular flexibility index (Phi) is 19.5. The second kappa shape index (κ2) is 21.8. The number of ketones is 3. The van der Waals surface area contributed by atoms with Crippen molar-refractivity contribution >= 4 is 48.6 Å². The number of Topliss-reactive ketones (excluding diaryl/α,β-unsaturated/α-hetero) is 3. The van der Waals surface area contributed by atoms with Gasteiger partial charge in [0.15, 0.2) is 34.5 Å². The molecule has 0 spiro atoms. The van der Waals surface area contributed by atoms with Gasteiger partial charge >= 0.3 is 31.3 Å². The van der Waals surface area contributed by atoms with Gasteiger partial charge in [-0.1, -0.05) is 18.2 Å². The highest BCUT2D eigenvalue weighted by molar-refractivity contribution is 7.47. The maximum Gasteiger partial charge on any atom is 0.524 e. The van der Waals surface area contributed by atoms with Crippen molar-refractivity contribution < 1.29 is 100 Å². The largest absolute Gasteiger partial charge is 0.524 e. The molecule has 3 aromatic carbocycles. The van der Waals surface area contributed by atoms with Crippen molar-refractivity contribution in [3.05, 3.63) is 71.3 Å². The predicted molar refractivity (Wildman–Crippen MR) is 200 cm³/mol. The Balaban J connectivity index is 0.000000438. The van der Waals surface area contributed by atoms with E-state index in [0.29, 0.717) is 16.7 Å². The summed E-state index contributed by atoms with van der Waals surface area (Å²) < 4.78 is 60.2. The molecule has 0 amide bonds. The van der Waals surface area contributed by atoms with Crippen molar-refractivity contribution in [3.8, 4) is 34.5 Å². The molecule has 0 aliphatic heterocycles. The summed E-state index contributed by atoms with van der Waals surface area (Å²) in [4.78, 5) is 103. The summed E-state index contributed by atoms with van der Waals surface area (Å²) in [7, 11) is -19.4. The zero-order chi connectivity index (χ0) is 45.0. The highest BCUT2D eigenvalue weighted by atomic mass is 31.2. The van der Waals surface area contributed by atoms with E-state index in [2.05, 4.69) is 18.1 Å².